The van der Waals surface area contributed by atoms with Gasteiger partial charge in [-0.1, -0.05) is 12.1 Å². The van der Waals surface area contributed by atoms with E-state index in [1.54, 1.807) is 0 Å². The Kier molecular flexibility index (Phi) is 2.62. The Balaban J connectivity index is 2.06. The third-order valence-electron chi connectivity index (χ3n) is 3.97. The molecule has 1 heterocycles. The SMILES string of the molecule is Cc1nnc(C(C)(C)c2ccc(N)cc2)n1C1CC1. The van der Waals surface area contributed by atoms with Crippen LogP contribution in [0, 0.1) is 6.92 Å². The van der Waals surface area contributed by atoms with Gasteiger partial charge in [-0.2, -0.15) is 0 Å². The second-order valence-corrected chi connectivity index (χ2v) is 5.92. The number of aryl methyl sites for hydroxylation is 1. The van der Waals surface area contributed by atoms with E-state index in [0.717, 1.165) is 17.3 Å². The normalized spacial score (nSPS) is 15.7. The highest BCUT2D eigenvalue weighted by Crippen LogP contribution is 2.40. The summed E-state index contributed by atoms with van der Waals surface area (Å²) in [6.07, 6.45) is 2.48. The zero-order chi connectivity index (χ0) is 13.6. The molecule has 0 atom stereocenters. The first-order valence-corrected chi connectivity index (χ1v) is 6.78. The second-order valence-electron chi connectivity index (χ2n) is 5.92. The van der Waals surface area contributed by atoms with Crippen LogP contribution in [0.25, 0.3) is 0 Å². The Morgan fingerprint density at radius 3 is 2.37 bits per heavy atom. The van der Waals surface area contributed by atoms with E-state index >= 15 is 0 Å². The molecule has 0 unspecified atom stereocenters. The highest BCUT2D eigenvalue weighted by atomic mass is 15.3. The topological polar surface area (TPSA) is 56.7 Å². The zero-order valence-electron chi connectivity index (χ0n) is 11.7. The molecule has 2 aromatic rings. The van der Waals surface area contributed by atoms with Crippen LogP contribution in [0.2, 0.25) is 0 Å². The fourth-order valence-electron chi connectivity index (χ4n) is 2.59. The average molecular weight is 256 g/mol. The number of anilines is 1. The number of hydrogen-bond acceptors (Lipinski definition) is 3. The minimum atomic E-state index is -0.155. The van der Waals surface area contributed by atoms with Gasteiger partial charge in [0.2, 0.25) is 0 Å². The molecule has 19 heavy (non-hydrogen) atoms. The largest absolute Gasteiger partial charge is 0.399 e. The lowest BCUT2D eigenvalue weighted by atomic mass is 9.83. The maximum atomic E-state index is 5.77. The first-order valence-electron chi connectivity index (χ1n) is 6.78. The number of aromatic nitrogens is 3. The van der Waals surface area contributed by atoms with Crippen LogP contribution >= 0.6 is 0 Å². The first kappa shape index (κ1) is 12.2. The predicted octanol–water partition coefficient (Wildman–Crippen LogP) is 2.83. The lowest BCUT2D eigenvalue weighted by Gasteiger charge is -2.25. The number of nitrogens with two attached hydrogens (primary N) is 1. The van der Waals surface area contributed by atoms with Crippen molar-refractivity contribution in [1.82, 2.24) is 14.8 Å². The Labute approximate surface area is 113 Å². The minimum absolute atomic E-state index is 0.155. The number of benzene rings is 1. The summed E-state index contributed by atoms with van der Waals surface area (Å²) >= 11 is 0. The van der Waals surface area contributed by atoms with Crippen LogP contribution in [0.5, 0.6) is 0 Å². The molecule has 1 aromatic heterocycles. The Bertz CT molecular complexity index is 591. The van der Waals surface area contributed by atoms with E-state index in [2.05, 4.69) is 40.7 Å². The van der Waals surface area contributed by atoms with Gasteiger partial charge in [0.25, 0.3) is 0 Å². The molecule has 100 valence electrons. The Morgan fingerprint density at radius 1 is 1.16 bits per heavy atom. The van der Waals surface area contributed by atoms with Gasteiger partial charge in [0, 0.05) is 17.1 Å². The van der Waals surface area contributed by atoms with Gasteiger partial charge in [-0.15, -0.1) is 10.2 Å². The fraction of sp³-hybridized carbons (Fsp3) is 0.467. The molecule has 1 aliphatic rings. The van der Waals surface area contributed by atoms with Crippen molar-refractivity contribution in [3.63, 3.8) is 0 Å². The number of hydrogen-bond donors (Lipinski definition) is 1. The van der Waals surface area contributed by atoms with Gasteiger partial charge in [0.05, 0.1) is 0 Å². The monoisotopic (exact) mass is 256 g/mol. The molecule has 0 saturated heterocycles. The smallest absolute Gasteiger partial charge is 0.143 e. The van der Waals surface area contributed by atoms with Gasteiger partial charge in [-0.05, 0) is 51.3 Å². The lowest BCUT2D eigenvalue weighted by molar-refractivity contribution is 0.530. The van der Waals surface area contributed by atoms with E-state index in [1.165, 1.54) is 18.4 Å². The molecule has 3 rings (SSSR count). The van der Waals surface area contributed by atoms with E-state index in [4.69, 9.17) is 5.73 Å². The summed E-state index contributed by atoms with van der Waals surface area (Å²) in [7, 11) is 0. The Hall–Kier alpha value is -1.84. The van der Waals surface area contributed by atoms with Crippen molar-refractivity contribution in [3.8, 4) is 0 Å². The number of nitrogens with zero attached hydrogens (tertiary/aromatic N) is 3. The van der Waals surface area contributed by atoms with Gasteiger partial charge in [0.1, 0.15) is 11.6 Å². The molecule has 0 radical (unpaired) electrons. The molecule has 1 saturated carbocycles. The predicted molar refractivity (Wildman–Crippen MR) is 76.0 cm³/mol. The zero-order valence-corrected chi connectivity index (χ0v) is 11.7. The molecular weight excluding hydrogens is 236 g/mol. The van der Waals surface area contributed by atoms with Crippen molar-refractivity contribution in [2.24, 2.45) is 0 Å². The highest BCUT2D eigenvalue weighted by Gasteiger charge is 2.35. The van der Waals surface area contributed by atoms with Crippen molar-refractivity contribution in [1.29, 1.82) is 0 Å². The van der Waals surface area contributed by atoms with Crippen LogP contribution in [0.4, 0.5) is 5.69 Å². The van der Waals surface area contributed by atoms with Crippen LogP contribution < -0.4 is 5.73 Å². The van der Waals surface area contributed by atoms with Crippen molar-refractivity contribution in [3.05, 3.63) is 41.5 Å². The summed E-state index contributed by atoms with van der Waals surface area (Å²) in [4.78, 5) is 0. The summed E-state index contributed by atoms with van der Waals surface area (Å²) in [5.74, 6) is 2.07. The fourth-order valence-corrected chi connectivity index (χ4v) is 2.59. The van der Waals surface area contributed by atoms with E-state index in [-0.39, 0.29) is 5.41 Å². The first-order chi connectivity index (χ1) is 9.00. The summed E-state index contributed by atoms with van der Waals surface area (Å²) in [5, 5.41) is 8.70. The van der Waals surface area contributed by atoms with Crippen molar-refractivity contribution < 1.29 is 0 Å². The molecule has 4 heteroatoms. The minimum Gasteiger partial charge on any atom is -0.399 e. The summed E-state index contributed by atoms with van der Waals surface area (Å²) in [6, 6.07) is 8.65. The standard InChI is InChI=1S/C15H20N4/c1-10-17-18-14(19(10)13-8-9-13)15(2,3)11-4-6-12(16)7-5-11/h4-7,13H,8-9,16H2,1-3H3. The molecule has 0 aliphatic heterocycles. The molecule has 2 N–H and O–H groups in total. The highest BCUT2D eigenvalue weighted by molar-refractivity contribution is 5.43. The van der Waals surface area contributed by atoms with Gasteiger partial charge in [-0.3, -0.25) is 0 Å². The summed E-state index contributed by atoms with van der Waals surface area (Å²) in [5.41, 5.74) is 7.62. The molecular formula is C15H20N4. The van der Waals surface area contributed by atoms with Gasteiger partial charge < -0.3 is 10.3 Å². The Morgan fingerprint density at radius 2 is 1.79 bits per heavy atom. The van der Waals surface area contributed by atoms with E-state index in [1.807, 2.05) is 19.1 Å². The van der Waals surface area contributed by atoms with Crippen LogP contribution in [-0.2, 0) is 5.41 Å². The van der Waals surface area contributed by atoms with Crippen LogP contribution in [-0.4, -0.2) is 14.8 Å². The second kappa shape index (κ2) is 4.08. The molecule has 0 spiro atoms. The molecule has 1 fully saturated rings. The van der Waals surface area contributed by atoms with Gasteiger partial charge >= 0.3 is 0 Å². The van der Waals surface area contributed by atoms with Gasteiger partial charge in [-0.25, -0.2) is 0 Å². The van der Waals surface area contributed by atoms with E-state index in [9.17, 15) is 0 Å². The van der Waals surface area contributed by atoms with Crippen molar-refractivity contribution >= 4 is 5.69 Å². The quantitative estimate of drug-likeness (QED) is 0.859. The molecule has 0 amide bonds. The van der Waals surface area contributed by atoms with Crippen LogP contribution in [0.1, 0.15) is 49.9 Å². The molecule has 1 aliphatic carbocycles. The van der Waals surface area contributed by atoms with Gasteiger partial charge in [0.15, 0.2) is 0 Å². The third-order valence-corrected chi connectivity index (χ3v) is 3.97. The maximum Gasteiger partial charge on any atom is 0.143 e. The van der Waals surface area contributed by atoms with Crippen molar-refractivity contribution in [2.45, 2.75) is 45.1 Å². The number of rotatable bonds is 3. The summed E-state index contributed by atoms with van der Waals surface area (Å²) in [6.45, 7) is 6.43. The van der Waals surface area contributed by atoms with E-state index in [0.29, 0.717) is 6.04 Å². The molecule has 0 bridgehead atoms. The lowest BCUT2D eigenvalue weighted by Crippen LogP contribution is -2.24. The molecule has 4 nitrogen and oxygen atoms in total. The van der Waals surface area contributed by atoms with Crippen LogP contribution in [0.3, 0.4) is 0 Å². The average Bonchev–Trinajstić information content (AvgIpc) is 3.12. The number of nitrogen functional groups attached to an aromatic ring is 1. The summed E-state index contributed by atoms with van der Waals surface area (Å²) < 4.78 is 2.30. The van der Waals surface area contributed by atoms with E-state index < -0.39 is 0 Å². The van der Waals surface area contributed by atoms with Crippen molar-refractivity contribution in [2.75, 3.05) is 5.73 Å². The third kappa shape index (κ3) is 2.01. The maximum absolute atomic E-state index is 5.77. The van der Waals surface area contributed by atoms with Crippen LogP contribution in [0.15, 0.2) is 24.3 Å². The molecule has 1 aromatic carbocycles.